The molecule has 0 amide bonds. The van der Waals surface area contributed by atoms with Gasteiger partial charge in [-0.05, 0) is 24.6 Å². The molecule has 0 aliphatic carbocycles. The fourth-order valence-corrected chi connectivity index (χ4v) is 3.56. The van der Waals surface area contributed by atoms with Gasteiger partial charge >= 0.3 is 0 Å². The maximum absolute atomic E-state index is 10.9. The summed E-state index contributed by atoms with van der Waals surface area (Å²) in [6, 6.07) is 14.1. The Kier molecular flexibility index (Phi) is 5.06. The minimum atomic E-state index is -0.390. The Labute approximate surface area is 154 Å². The van der Waals surface area contributed by atoms with Crippen LogP contribution in [0.25, 0.3) is 11.4 Å². The van der Waals surface area contributed by atoms with Crippen molar-refractivity contribution in [2.24, 2.45) is 7.05 Å². The molecular formula is C17H15ClN4O2S. The lowest BCUT2D eigenvalue weighted by Gasteiger charge is -2.11. The highest BCUT2D eigenvalue weighted by atomic mass is 35.5. The molecule has 1 aromatic heterocycles. The van der Waals surface area contributed by atoms with Crippen LogP contribution in [-0.4, -0.2) is 19.7 Å². The topological polar surface area (TPSA) is 73.8 Å². The maximum Gasteiger partial charge on any atom is 0.269 e. The van der Waals surface area contributed by atoms with E-state index in [9.17, 15) is 10.1 Å². The molecule has 3 aromatic rings. The summed E-state index contributed by atoms with van der Waals surface area (Å²) in [6.07, 6.45) is 0. The van der Waals surface area contributed by atoms with Gasteiger partial charge in [-0.15, -0.1) is 10.2 Å². The molecule has 0 radical (unpaired) electrons. The first-order chi connectivity index (χ1) is 12.0. The Balaban J connectivity index is 1.86. The molecule has 0 fully saturated rings. The van der Waals surface area contributed by atoms with E-state index in [4.69, 9.17) is 11.6 Å². The van der Waals surface area contributed by atoms with Crippen molar-refractivity contribution < 1.29 is 4.92 Å². The summed E-state index contributed by atoms with van der Waals surface area (Å²) in [5.41, 5.74) is 1.76. The zero-order valence-corrected chi connectivity index (χ0v) is 15.2. The van der Waals surface area contributed by atoms with Crippen LogP contribution >= 0.6 is 23.4 Å². The van der Waals surface area contributed by atoms with E-state index in [2.05, 4.69) is 10.2 Å². The first-order valence-corrected chi connectivity index (χ1v) is 8.78. The monoisotopic (exact) mass is 374 g/mol. The van der Waals surface area contributed by atoms with Crippen LogP contribution in [0.2, 0.25) is 5.02 Å². The van der Waals surface area contributed by atoms with E-state index in [1.54, 1.807) is 12.1 Å². The van der Waals surface area contributed by atoms with Crippen molar-refractivity contribution in [3.63, 3.8) is 0 Å². The summed E-state index contributed by atoms with van der Waals surface area (Å²) >= 11 is 7.73. The molecule has 0 unspecified atom stereocenters. The smallest absolute Gasteiger partial charge is 0.269 e. The van der Waals surface area contributed by atoms with E-state index in [0.717, 1.165) is 11.1 Å². The molecule has 2 aromatic carbocycles. The van der Waals surface area contributed by atoms with E-state index in [-0.39, 0.29) is 10.9 Å². The average Bonchev–Trinajstić information content (AvgIpc) is 2.96. The molecule has 0 aliphatic heterocycles. The Morgan fingerprint density at radius 2 is 1.96 bits per heavy atom. The lowest BCUT2D eigenvalue weighted by Crippen LogP contribution is -1.98. The molecule has 0 spiro atoms. The van der Waals surface area contributed by atoms with Gasteiger partial charge in [0.1, 0.15) is 0 Å². The summed E-state index contributed by atoms with van der Waals surface area (Å²) in [5.74, 6) is 0.680. The number of thioether (sulfide) groups is 1. The molecule has 3 rings (SSSR count). The van der Waals surface area contributed by atoms with Crippen LogP contribution in [0.3, 0.4) is 0 Å². The predicted octanol–water partition coefficient (Wildman–Crippen LogP) is 4.90. The minimum Gasteiger partial charge on any atom is -0.305 e. The molecule has 0 saturated heterocycles. The first-order valence-electron chi connectivity index (χ1n) is 7.52. The van der Waals surface area contributed by atoms with Gasteiger partial charge in [0.25, 0.3) is 5.69 Å². The quantitative estimate of drug-likeness (QED) is 0.361. The highest BCUT2D eigenvalue weighted by molar-refractivity contribution is 7.99. The van der Waals surface area contributed by atoms with Crippen LogP contribution in [0.4, 0.5) is 5.69 Å². The number of aromatic nitrogens is 3. The maximum atomic E-state index is 10.9. The normalized spacial score (nSPS) is 12.1. The Morgan fingerprint density at radius 3 is 2.68 bits per heavy atom. The van der Waals surface area contributed by atoms with Crippen molar-refractivity contribution >= 4 is 29.1 Å². The molecule has 128 valence electrons. The van der Waals surface area contributed by atoms with Gasteiger partial charge in [0.15, 0.2) is 11.0 Å². The molecule has 25 heavy (non-hydrogen) atoms. The number of hydrogen-bond acceptors (Lipinski definition) is 5. The van der Waals surface area contributed by atoms with E-state index in [1.165, 1.54) is 17.8 Å². The summed E-state index contributed by atoms with van der Waals surface area (Å²) in [5, 5.41) is 20.7. The highest BCUT2D eigenvalue weighted by Gasteiger charge is 2.18. The zero-order valence-electron chi connectivity index (χ0n) is 13.6. The minimum absolute atomic E-state index is 0.0121. The Hall–Kier alpha value is -2.38. The van der Waals surface area contributed by atoms with E-state index < -0.39 is 4.92 Å². The van der Waals surface area contributed by atoms with Gasteiger partial charge in [-0.3, -0.25) is 10.1 Å². The van der Waals surface area contributed by atoms with E-state index in [1.807, 2.05) is 48.9 Å². The van der Waals surface area contributed by atoms with Crippen molar-refractivity contribution in [3.05, 3.63) is 69.2 Å². The molecule has 8 heteroatoms. The van der Waals surface area contributed by atoms with Crippen molar-refractivity contribution in [3.8, 4) is 11.4 Å². The van der Waals surface area contributed by atoms with Crippen molar-refractivity contribution in [1.29, 1.82) is 0 Å². The number of halogens is 1. The SMILES string of the molecule is C[C@@H](Sc1nnc(-c2ccccc2Cl)n1C)c1cccc([N+](=O)[O-])c1. The van der Waals surface area contributed by atoms with Crippen LogP contribution in [0.5, 0.6) is 0 Å². The predicted molar refractivity (Wildman–Crippen MR) is 98.8 cm³/mol. The largest absolute Gasteiger partial charge is 0.305 e. The molecule has 0 saturated carbocycles. The van der Waals surface area contributed by atoms with Gasteiger partial charge < -0.3 is 4.57 Å². The third kappa shape index (κ3) is 3.67. The van der Waals surface area contributed by atoms with Gasteiger partial charge in [-0.1, -0.05) is 47.6 Å². The molecular weight excluding hydrogens is 360 g/mol. The van der Waals surface area contributed by atoms with Crippen molar-refractivity contribution in [2.75, 3.05) is 0 Å². The Morgan fingerprint density at radius 1 is 1.20 bits per heavy atom. The lowest BCUT2D eigenvalue weighted by molar-refractivity contribution is -0.384. The number of nitrogens with zero attached hydrogens (tertiary/aromatic N) is 4. The van der Waals surface area contributed by atoms with Crippen molar-refractivity contribution in [1.82, 2.24) is 14.8 Å². The molecule has 1 atom stereocenters. The van der Waals surface area contributed by atoms with Crippen LogP contribution < -0.4 is 0 Å². The van der Waals surface area contributed by atoms with Gasteiger partial charge in [0.05, 0.1) is 9.95 Å². The summed E-state index contributed by atoms with van der Waals surface area (Å²) in [7, 11) is 1.88. The van der Waals surface area contributed by atoms with Gasteiger partial charge in [-0.2, -0.15) is 0 Å². The Bertz CT molecular complexity index is 929. The molecule has 6 nitrogen and oxygen atoms in total. The lowest BCUT2D eigenvalue weighted by atomic mass is 10.1. The average molecular weight is 375 g/mol. The summed E-state index contributed by atoms with van der Waals surface area (Å²) in [4.78, 5) is 10.5. The second-order valence-corrected chi connectivity index (χ2v) is 7.17. The van der Waals surface area contributed by atoms with E-state index >= 15 is 0 Å². The zero-order chi connectivity index (χ0) is 18.0. The van der Waals surface area contributed by atoms with Gasteiger partial charge in [0, 0.05) is 30.0 Å². The van der Waals surface area contributed by atoms with Crippen molar-refractivity contribution in [2.45, 2.75) is 17.3 Å². The number of hydrogen-bond donors (Lipinski definition) is 0. The van der Waals surface area contributed by atoms with Crippen LogP contribution in [0.1, 0.15) is 17.7 Å². The first kappa shape index (κ1) is 17.4. The summed E-state index contributed by atoms with van der Waals surface area (Å²) in [6.45, 7) is 1.98. The number of nitro benzene ring substituents is 1. The molecule has 1 heterocycles. The molecule has 0 N–H and O–H groups in total. The highest BCUT2D eigenvalue weighted by Crippen LogP contribution is 2.36. The van der Waals surface area contributed by atoms with E-state index in [0.29, 0.717) is 16.0 Å². The fraction of sp³-hybridized carbons (Fsp3) is 0.176. The summed E-state index contributed by atoms with van der Waals surface area (Å²) < 4.78 is 1.87. The second kappa shape index (κ2) is 7.25. The van der Waals surface area contributed by atoms with Gasteiger partial charge in [-0.25, -0.2) is 0 Å². The number of rotatable bonds is 5. The molecule has 0 aliphatic rings. The van der Waals surface area contributed by atoms with Crippen LogP contribution in [0.15, 0.2) is 53.7 Å². The van der Waals surface area contributed by atoms with Crippen LogP contribution in [-0.2, 0) is 7.05 Å². The number of nitro groups is 1. The third-order valence-electron chi connectivity index (χ3n) is 3.78. The number of non-ortho nitro benzene ring substituents is 1. The van der Waals surface area contributed by atoms with Crippen LogP contribution in [0, 0.1) is 10.1 Å². The second-order valence-electron chi connectivity index (χ2n) is 5.46. The standard InChI is InChI=1S/C17H15ClN4O2S/c1-11(12-6-5-7-13(10-12)22(23)24)25-17-20-19-16(21(17)2)14-8-3-4-9-15(14)18/h3-11H,1-2H3/t11-/m1/s1. The molecule has 0 bridgehead atoms. The van der Waals surface area contributed by atoms with Gasteiger partial charge in [0.2, 0.25) is 0 Å². The third-order valence-corrected chi connectivity index (χ3v) is 5.30. The number of benzene rings is 2. The fourth-order valence-electron chi connectivity index (χ4n) is 2.41.